The summed E-state index contributed by atoms with van der Waals surface area (Å²) in [6.45, 7) is 1.12. The molecular weight excluding hydrogens is 356 g/mol. The Morgan fingerprint density at radius 2 is 1.77 bits per heavy atom. The van der Waals surface area contributed by atoms with Crippen LogP contribution in [-0.4, -0.2) is 44.4 Å². The Hall–Kier alpha value is -2.58. The summed E-state index contributed by atoms with van der Waals surface area (Å²) in [5.41, 5.74) is 0.640. The molecule has 0 spiro atoms. The van der Waals surface area contributed by atoms with Crippen LogP contribution in [0.25, 0.3) is 0 Å². The molecule has 0 unspecified atom stereocenters. The van der Waals surface area contributed by atoms with Crippen LogP contribution in [0.15, 0.2) is 53.4 Å². The van der Waals surface area contributed by atoms with Gasteiger partial charge in [-0.3, -0.25) is 4.79 Å². The number of anilines is 1. The third-order valence-electron chi connectivity index (χ3n) is 4.43. The van der Waals surface area contributed by atoms with Crippen LogP contribution in [-0.2, 0) is 14.8 Å². The number of hydrogen-bond acceptors (Lipinski definition) is 5. The van der Waals surface area contributed by atoms with E-state index in [9.17, 15) is 13.2 Å². The molecule has 2 aromatic rings. The number of sulfonamides is 1. The lowest BCUT2D eigenvalue weighted by atomic mass is 10.1. The standard InChI is InChI=1S/C18H18N2O5S/c21-18(19-13-4-2-1-3-5-13)15-8-9-20(15)26(22,23)14-6-7-16-17(12-14)25-11-10-24-16/h1-7,12,15H,8-11H2,(H,19,21)/t15-/m0/s1. The number of hydrogen-bond donors (Lipinski definition) is 1. The average molecular weight is 374 g/mol. The minimum Gasteiger partial charge on any atom is -0.486 e. The molecule has 136 valence electrons. The van der Waals surface area contributed by atoms with Crippen molar-refractivity contribution in [3.05, 3.63) is 48.5 Å². The van der Waals surface area contributed by atoms with Gasteiger partial charge in [-0.25, -0.2) is 8.42 Å². The molecule has 1 atom stereocenters. The SMILES string of the molecule is O=C(Nc1ccccc1)[C@@H]1CCN1S(=O)(=O)c1ccc2c(c1)OCCO2. The van der Waals surface area contributed by atoms with Crippen molar-refractivity contribution in [1.29, 1.82) is 0 Å². The van der Waals surface area contributed by atoms with E-state index < -0.39 is 16.1 Å². The largest absolute Gasteiger partial charge is 0.486 e. The van der Waals surface area contributed by atoms with Gasteiger partial charge < -0.3 is 14.8 Å². The van der Waals surface area contributed by atoms with E-state index in [2.05, 4.69) is 5.32 Å². The number of carbonyl (C=O) groups excluding carboxylic acids is 1. The smallest absolute Gasteiger partial charge is 0.243 e. The number of para-hydroxylation sites is 1. The van der Waals surface area contributed by atoms with Gasteiger partial charge in [0.2, 0.25) is 15.9 Å². The van der Waals surface area contributed by atoms with E-state index in [0.29, 0.717) is 43.4 Å². The third-order valence-corrected chi connectivity index (χ3v) is 6.34. The summed E-state index contributed by atoms with van der Waals surface area (Å²) in [6, 6.07) is 12.8. The number of rotatable bonds is 4. The van der Waals surface area contributed by atoms with E-state index in [1.54, 1.807) is 30.3 Å². The normalized spacial score (nSPS) is 19.5. The predicted molar refractivity (Wildman–Crippen MR) is 94.8 cm³/mol. The van der Waals surface area contributed by atoms with Gasteiger partial charge in [-0.05, 0) is 30.7 Å². The van der Waals surface area contributed by atoms with Gasteiger partial charge in [-0.2, -0.15) is 4.31 Å². The molecule has 26 heavy (non-hydrogen) atoms. The molecule has 1 fully saturated rings. The van der Waals surface area contributed by atoms with E-state index in [1.165, 1.54) is 16.4 Å². The second-order valence-electron chi connectivity index (χ2n) is 6.08. The van der Waals surface area contributed by atoms with Crippen LogP contribution in [0.5, 0.6) is 11.5 Å². The Bertz CT molecular complexity index is 930. The molecule has 4 rings (SSSR count). The van der Waals surface area contributed by atoms with Gasteiger partial charge in [0.05, 0.1) is 4.90 Å². The molecule has 8 heteroatoms. The van der Waals surface area contributed by atoms with E-state index in [0.717, 1.165) is 0 Å². The zero-order valence-corrected chi connectivity index (χ0v) is 14.7. The number of ether oxygens (including phenoxy) is 2. The third kappa shape index (κ3) is 3.02. The summed E-state index contributed by atoms with van der Waals surface area (Å²) < 4.78 is 37.9. The molecule has 0 aliphatic carbocycles. The van der Waals surface area contributed by atoms with Crippen molar-refractivity contribution in [2.45, 2.75) is 17.4 Å². The van der Waals surface area contributed by atoms with Crippen LogP contribution in [0, 0.1) is 0 Å². The van der Waals surface area contributed by atoms with Crippen LogP contribution in [0.3, 0.4) is 0 Å². The Balaban J connectivity index is 1.53. The number of fused-ring (bicyclic) bond motifs is 1. The molecule has 7 nitrogen and oxygen atoms in total. The van der Waals surface area contributed by atoms with Crippen molar-refractivity contribution in [3.63, 3.8) is 0 Å². The first-order valence-corrected chi connectivity index (χ1v) is 9.77. The molecule has 1 amide bonds. The van der Waals surface area contributed by atoms with E-state index in [4.69, 9.17) is 9.47 Å². The maximum atomic E-state index is 12.9. The average Bonchev–Trinajstić information content (AvgIpc) is 2.60. The van der Waals surface area contributed by atoms with E-state index >= 15 is 0 Å². The first-order valence-electron chi connectivity index (χ1n) is 8.33. The molecule has 0 aromatic heterocycles. The minimum absolute atomic E-state index is 0.0963. The molecule has 2 aromatic carbocycles. The van der Waals surface area contributed by atoms with Crippen molar-refractivity contribution in [3.8, 4) is 11.5 Å². The van der Waals surface area contributed by atoms with Crippen LogP contribution < -0.4 is 14.8 Å². The Kier molecular flexibility index (Phi) is 4.29. The van der Waals surface area contributed by atoms with Gasteiger partial charge in [0, 0.05) is 18.3 Å². The van der Waals surface area contributed by atoms with Gasteiger partial charge >= 0.3 is 0 Å². The maximum Gasteiger partial charge on any atom is 0.243 e. The number of nitrogens with zero attached hydrogens (tertiary/aromatic N) is 1. The molecule has 0 bridgehead atoms. The lowest BCUT2D eigenvalue weighted by molar-refractivity contribution is -0.122. The highest BCUT2D eigenvalue weighted by molar-refractivity contribution is 7.89. The van der Waals surface area contributed by atoms with Gasteiger partial charge in [-0.15, -0.1) is 0 Å². The fourth-order valence-corrected chi connectivity index (χ4v) is 4.63. The first-order chi connectivity index (χ1) is 12.6. The van der Waals surface area contributed by atoms with Crippen molar-refractivity contribution in [2.75, 3.05) is 25.1 Å². The monoisotopic (exact) mass is 374 g/mol. The predicted octanol–water partition coefficient (Wildman–Crippen LogP) is 1.86. The Labute approximate surface area is 151 Å². The molecule has 0 radical (unpaired) electrons. The lowest BCUT2D eigenvalue weighted by Crippen LogP contribution is -2.56. The van der Waals surface area contributed by atoms with Crippen LogP contribution >= 0.6 is 0 Å². The summed E-state index contributed by atoms with van der Waals surface area (Å²) in [6.07, 6.45) is 0.489. The number of benzene rings is 2. The van der Waals surface area contributed by atoms with Crippen LogP contribution in [0.4, 0.5) is 5.69 Å². The summed E-state index contributed by atoms with van der Waals surface area (Å²) in [7, 11) is -3.79. The summed E-state index contributed by atoms with van der Waals surface area (Å²) in [5, 5.41) is 2.76. The minimum atomic E-state index is -3.79. The quantitative estimate of drug-likeness (QED) is 0.883. The molecule has 0 saturated carbocycles. The van der Waals surface area contributed by atoms with Crippen molar-refractivity contribution < 1.29 is 22.7 Å². The van der Waals surface area contributed by atoms with Crippen LogP contribution in [0.2, 0.25) is 0 Å². The second-order valence-corrected chi connectivity index (χ2v) is 7.97. The summed E-state index contributed by atoms with van der Waals surface area (Å²) >= 11 is 0. The highest BCUT2D eigenvalue weighted by Gasteiger charge is 2.43. The second kappa shape index (κ2) is 6.62. The maximum absolute atomic E-state index is 12.9. The zero-order valence-electron chi connectivity index (χ0n) is 13.9. The van der Waals surface area contributed by atoms with Gasteiger partial charge in [0.15, 0.2) is 11.5 Å². The molecule has 2 aliphatic heterocycles. The van der Waals surface area contributed by atoms with Crippen LogP contribution in [0.1, 0.15) is 6.42 Å². The zero-order chi connectivity index (χ0) is 18.1. The lowest BCUT2D eigenvalue weighted by Gasteiger charge is -2.38. The highest BCUT2D eigenvalue weighted by Crippen LogP contribution is 2.35. The fourth-order valence-electron chi connectivity index (χ4n) is 2.98. The summed E-state index contributed by atoms with van der Waals surface area (Å²) in [4.78, 5) is 12.6. The topological polar surface area (TPSA) is 84.9 Å². The Morgan fingerprint density at radius 1 is 1.04 bits per heavy atom. The molecule has 1 saturated heterocycles. The van der Waals surface area contributed by atoms with Gasteiger partial charge in [0.25, 0.3) is 0 Å². The molecule has 1 N–H and O–H groups in total. The number of nitrogens with one attached hydrogen (secondary N) is 1. The first kappa shape index (κ1) is 16.9. The molecule has 2 aliphatic rings. The van der Waals surface area contributed by atoms with Gasteiger partial charge in [0.1, 0.15) is 19.3 Å². The highest BCUT2D eigenvalue weighted by atomic mass is 32.2. The van der Waals surface area contributed by atoms with Crippen molar-refractivity contribution in [1.82, 2.24) is 4.31 Å². The van der Waals surface area contributed by atoms with E-state index in [-0.39, 0.29) is 10.8 Å². The molecule has 2 heterocycles. The van der Waals surface area contributed by atoms with E-state index in [1.807, 2.05) is 6.07 Å². The summed E-state index contributed by atoms with van der Waals surface area (Å²) in [5.74, 6) is 0.601. The fraction of sp³-hybridized carbons (Fsp3) is 0.278. The Morgan fingerprint density at radius 3 is 2.46 bits per heavy atom. The van der Waals surface area contributed by atoms with Crippen molar-refractivity contribution in [2.24, 2.45) is 0 Å². The van der Waals surface area contributed by atoms with Gasteiger partial charge in [-0.1, -0.05) is 18.2 Å². The number of amides is 1. The van der Waals surface area contributed by atoms with Crippen molar-refractivity contribution >= 4 is 21.6 Å². The number of carbonyl (C=O) groups is 1. The molecular formula is C18H18N2O5S.